The maximum atomic E-state index is 12.3. The highest BCUT2D eigenvalue weighted by Gasteiger charge is 2.71. The Labute approximate surface area is 151 Å². The molecule has 144 valence electrons. The van der Waals surface area contributed by atoms with Gasteiger partial charge >= 0.3 is 23.9 Å². The summed E-state index contributed by atoms with van der Waals surface area (Å²) in [7, 11) is 5.15. The van der Waals surface area contributed by atoms with Gasteiger partial charge in [0.15, 0.2) is 0 Å². The Morgan fingerprint density at radius 1 is 0.538 bits per heavy atom. The van der Waals surface area contributed by atoms with Crippen molar-refractivity contribution in [2.24, 2.45) is 47.3 Å². The normalized spacial score (nSPS) is 39.8. The smallest absolute Gasteiger partial charge is 0.309 e. The van der Waals surface area contributed by atoms with Gasteiger partial charge in [-0.25, -0.2) is 0 Å². The number of hydrogen-bond acceptors (Lipinski definition) is 8. The second-order valence-corrected chi connectivity index (χ2v) is 7.26. The van der Waals surface area contributed by atoms with Gasteiger partial charge in [-0.05, 0) is 36.5 Å². The van der Waals surface area contributed by atoms with E-state index in [0.717, 1.165) is 0 Å². The summed E-state index contributed by atoms with van der Waals surface area (Å²) in [6.45, 7) is 0. The predicted octanol–water partition coefficient (Wildman–Crippen LogP) is 0.429. The lowest BCUT2D eigenvalue weighted by atomic mass is 9.37. The van der Waals surface area contributed by atoms with Gasteiger partial charge < -0.3 is 18.9 Å². The summed E-state index contributed by atoms with van der Waals surface area (Å²) in [4.78, 5) is 49.0. The van der Waals surface area contributed by atoms with E-state index in [-0.39, 0.29) is 23.7 Å². The van der Waals surface area contributed by atoms with Gasteiger partial charge in [0.2, 0.25) is 0 Å². The van der Waals surface area contributed by atoms with Crippen LogP contribution in [0.15, 0.2) is 0 Å². The molecule has 0 amide bonds. The molecule has 0 heterocycles. The van der Waals surface area contributed by atoms with Gasteiger partial charge in [-0.3, -0.25) is 19.2 Å². The van der Waals surface area contributed by atoms with E-state index in [1.165, 1.54) is 28.4 Å². The Balaban J connectivity index is 1.92. The van der Waals surface area contributed by atoms with Crippen LogP contribution in [0, 0.1) is 47.3 Å². The van der Waals surface area contributed by atoms with Crippen LogP contribution >= 0.6 is 0 Å². The molecule has 8 nitrogen and oxygen atoms in total. The highest BCUT2D eigenvalue weighted by atomic mass is 16.5. The monoisotopic (exact) mass is 368 g/mol. The molecule has 3 rings (SSSR count). The zero-order chi connectivity index (χ0) is 19.2. The van der Waals surface area contributed by atoms with Crippen LogP contribution in [-0.4, -0.2) is 52.3 Å². The van der Waals surface area contributed by atoms with Gasteiger partial charge in [0.25, 0.3) is 0 Å². The Morgan fingerprint density at radius 2 is 0.808 bits per heavy atom. The topological polar surface area (TPSA) is 105 Å². The predicted molar refractivity (Wildman–Crippen MR) is 85.2 cm³/mol. The van der Waals surface area contributed by atoms with Crippen LogP contribution in [0.4, 0.5) is 0 Å². The number of hydrogen-bond donors (Lipinski definition) is 0. The number of esters is 4. The first-order valence-corrected chi connectivity index (χ1v) is 8.74. The third kappa shape index (κ3) is 2.41. The van der Waals surface area contributed by atoms with Crippen LogP contribution in [0.2, 0.25) is 0 Å². The Kier molecular flexibility index (Phi) is 4.94. The number of rotatable bonds is 4. The molecule has 0 aromatic rings. The SMILES string of the molecule is COC(=O)C1C2CCC3C(C(=O)OC)C(C(=O)OC)C3C2C1C(=O)OC. The Hall–Kier alpha value is -2.12. The quantitative estimate of drug-likeness (QED) is 0.520. The zero-order valence-electron chi connectivity index (χ0n) is 15.3. The molecule has 0 aromatic heterocycles. The van der Waals surface area contributed by atoms with Crippen LogP contribution in [0.5, 0.6) is 0 Å². The number of fused-ring (bicyclic) bond motifs is 3. The molecule has 0 radical (unpaired) electrons. The van der Waals surface area contributed by atoms with E-state index in [2.05, 4.69) is 0 Å². The van der Waals surface area contributed by atoms with E-state index in [4.69, 9.17) is 18.9 Å². The summed E-state index contributed by atoms with van der Waals surface area (Å²) in [6, 6.07) is 0. The van der Waals surface area contributed by atoms with Gasteiger partial charge in [-0.2, -0.15) is 0 Å². The van der Waals surface area contributed by atoms with Crippen molar-refractivity contribution in [2.45, 2.75) is 12.8 Å². The minimum Gasteiger partial charge on any atom is -0.469 e. The lowest BCUT2D eigenvalue weighted by Crippen LogP contribution is -2.69. The van der Waals surface area contributed by atoms with Gasteiger partial charge in [-0.1, -0.05) is 0 Å². The largest absolute Gasteiger partial charge is 0.469 e. The molecule has 8 atom stereocenters. The van der Waals surface area contributed by atoms with Crippen molar-refractivity contribution in [1.82, 2.24) is 0 Å². The van der Waals surface area contributed by atoms with Crippen molar-refractivity contribution in [3.8, 4) is 0 Å². The van der Waals surface area contributed by atoms with E-state index in [1.807, 2.05) is 0 Å². The molecular weight excluding hydrogens is 344 g/mol. The first kappa shape index (κ1) is 18.7. The Morgan fingerprint density at radius 3 is 1.08 bits per heavy atom. The lowest BCUT2D eigenvalue weighted by Gasteiger charge is -2.64. The molecule has 3 aliphatic rings. The second-order valence-electron chi connectivity index (χ2n) is 7.26. The Bertz CT molecular complexity index is 575. The fourth-order valence-corrected chi connectivity index (χ4v) is 5.71. The lowest BCUT2D eigenvalue weighted by molar-refractivity contribution is -0.228. The van der Waals surface area contributed by atoms with Gasteiger partial charge in [0, 0.05) is 0 Å². The molecule has 0 spiro atoms. The van der Waals surface area contributed by atoms with Gasteiger partial charge in [-0.15, -0.1) is 0 Å². The molecule has 0 aromatic carbocycles. The summed E-state index contributed by atoms with van der Waals surface area (Å²) in [6.07, 6.45) is 1.39. The van der Waals surface area contributed by atoms with Crippen LogP contribution in [0.25, 0.3) is 0 Å². The van der Waals surface area contributed by atoms with Crippen LogP contribution in [-0.2, 0) is 38.1 Å². The van der Waals surface area contributed by atoms with Crippen molar-refractivity contribution in [3.63, 3.8) is 0 Å². The van der Waals surface area contributed by atoms with E-state index in [1.54, 1.807) is 0 Å². The summed E-state index contributed by atoms with van der Waals surface area (Å²) in [5, 5.41) is 0. The maximum absolute atomic E-state index is 12.3. The van der Waals surface area contributed by atoms with E-state index in [9.17, 15) is 19.2 Å². The maximum Gasteiger partial charge on any atom is 0.309 e. The van der Waals surface area contributed by atoms with Gasteiger partial charge in [0.05, 0.1) is 52.1 Å². The second kappa shape index (κ2) is 6.89. The first-order chi connectivity index (χ1) is 12.4. The van der Waals surface area contributed by atoms with E-state index < -0.39 is 47.5 Å². The van der Waals surface area contributed by atoms with E-state index >= 15 is 0 Å². The van der Waals surface area contributed by atoms with Crippen molar-refractivity contribution in [2.75, 3.05) is 28.4 Å². The third-order valence-corrected chi connectivity index (χ3v) is 6.69. The standard InChI is InChI=1S/C18H24O8/c1-23-15(19)11-7-5-6-8-10(9(7)13(11)17(21)25-3)14(18(22)26-4)12(8)16(20)24-2/h7-14H,5-6H2,1-4H3. The first-order valence-electron chi connectivity index (χ1n) is 8.74. The average molecular weight is 368 g/mol. The molecule has 3 saturated carbocycles. The summed E-state index contributed by atoms with van der Waals surface area (Å²) >= 11 is 0. The van der Waals surface area contributed by atoms with Crippen molar-refractivity contribution in [1.29, 1.82) is 0 Å². The fourth-order valence-electron chi connectivity index (χ4n) is 5.71. The minimum absolute atomic E-state index is 0.0569. The third-order valence-electron chi connectivity index (χ3n) is 6.69. The van der Waals surface area contributed by atoms with Crippen molar-refractivity contribution >= 4 is 23.9 Å². The number of carbonyl (C=O) groups excluding carboxylic acids is 4. The number of carbonyl (C=O) groups is 4. The minimum atomic E-state index is -0.656. The van der Waals surface area contributed by atoms with Gasteiger partial charge in [0.1, 0.15) is 0 Å². The molecule has 8 unspecified atom stereocenters. The van der Waals surface area contributed by atoms with Crippen LogP contribution in [0.3, 0.4) is 0 Å². The van der Waals surface area contributed by atoms with Crippen molar-refractivity contribution < 1.29 is 38.1 Å². The molecule has 3 fully saturated rings. The van der Waals surface area contributed by atoms with Crippen molar-refractivity contribution in [3.05, 3.63) is 0 Å². The highest BCUT2D eigenvalue weighted by molar-refractivity contribution is 5.87. The molecule has 0 saturated heterocycles. The van der Waals surface area contributed by atoms with Crippen LogP contribution < -0.4 is 0 Å². The summed E-state index contributed by atoms with van der Waals surface area (Å²) in [5.41, 5.74) is 0. The highest BCUT2D eigenvalue weighted by Crippen LogP contribution is 2.67. The summed E-state index contributed by atoms with van der Waals surface area (Å²) in [5.74, 6) is -4.77. The molecule has 8 heteroatoms. The fraction of sp³-hybridized carbons (Fsp3) is 0.778. The molecule has 0 bridgehead atoms. The average Bonchev–Trinajstić information content (AvgIpc) is 2.63. The van der Waals surface area contributed by atoms with Crippen LogP contribution in [0.1, 0.15) is 12.8 Å². The molecular formula is C18H24O8. The summed E-state index contributed by atoms with van der Waals surface area (Å²) < 4.78 is 19.5. The zero-order valence-corrected chi connectivity index (χ0v) is 15.3. The number of ether oxygens (including phenoxy) is 4. The van der Waals surface area contributed by atoms with E-state index in [0.29, 0.717) is 12.8 Å². The molecule has 0 N–H and O–H groups in total. The molecule has 0 aliphatic heterocycles. The number of methoxy groups -OCH3 is 4. The molecule has 26 heavy (non-hydrogen) atoms. The molecule has 3 aliphatic carbocycles.